The van der Waals surface area contributed by atoms with Gasteiger partial charge in [-0.05, 0) is 64.2 Å². The minimum Gasteiger partial charge on any atom is -0.394 e. The lowest BCUT2D eigenvalue weighted by molar-refractivity contribution is -0.132. The molecule has 0 aromatic heterocycles. The van der Waals surface area contributed by atoms with Gasteiger partial charge in [-0.3, -0.25) is 4.79 Å². The van der Waals surface area contributed by atoms with Crippen molar-refractivity contribution in [2.24, 2.45) is 0 Å². The monoisotopic (exact) mass is 792 g/mol. The maximum absolute atomic E-state index is 12.5. The van der Waals surface area contributed by atoms with Crippen molar-refractivity contribution in [3.8, 4) is 0 Å². The maximum atomic E-state index is 12.5. The van der Waals surface area contributed by atoms with Crippen molar-refractivity contribution in [2.75, 3.05) is 6.61 Å². The molecule has 4 atom stereocenters. The van der Waals surface area contributed by atoms with Crippen LogP contribution in [0.5, 0.6) is 0 Å². The molecule has 0 aliphatic heterocycles. The lowest BCUT2D eigenvalue weighted by Gasteiger charge is -2.27. The van der Waals surface area contributed by atoms with Crippen LogP contribution in [-0.4, -0.2) is 57.3 Å². The van der Waals surface area contributed by atoms with Crippen molar-refractivity contribution in [3.05, 3.63) is 24.3 Å². The first-order valence-electron chi connectivity index (χ1n) is 24.7. The van der Waals surface area contributed by atoms with E-state index in [4.69, 9.17) is 0 Å². The lowest BCUT2D eigenvalue weighted by Crippen LogP contribution is -2.53. The van der Waals surface area contributed by atoms with Gasteiger partial charge in [0.15, 0.2) is 0 Å². The van der Waals surface area contributed by atoms with Crippen LogP contribution in [0, 0.1) is 0 Å². The molecule has 0 bridgehead atoms. The lowest BCUT2D eigenvalue weighted by atomic mass is 10.00. The summed E-state index contributed by atoms with van der Waals surface area (Å²) in [6.45, 7) is 4.05. The molecule has 4 unspecified atom stereocenters. The van der Waals surface area contributed by atoms with Gasteiger partial charge < -0.3 is 25.7 Å². The van der Waals surface area contributed by atoms with Crippen LogP contribution >= 0.6 is 0 Å². The van der Waals surface area contributed by atoms with E-state index in [1.54, 1.807) is 0 Å². The summed E-state index contributed by atoms with van der Waals surface area (Å²) in [6, 6.07) is -1.00. The molecule has 0 saturated carbocycles. The van der Waals surface area contributed by atoms with Crippen molar-refractivity contribution >= 4 is 5.91 Å². The van der Waals surface area contributed by atoms with Gasteiger partial charge in [0, 0.05) is 0 Å². The second-order valence-electron chi connectivity index (χ2n) is 17.2. The van der Waals surface area contributed by atoms with Gasteiger partial charge in [-0.25, -0.2) is 0 Å². The molecule has 0 rings (SSSR count). The number of hydrogen-bond donors (Lipinski definition) is 5. The van der Waals surface area contributed by atoms with E-state index in [0.717, 1.165) is 38.5 Å². The molecule has 6 heteroatoms. The van der Waals surface area contributed by atoms with Gasteiger partial charge in [-0.1, -0.05) is 218 Å². The fourth-order valence-corrected chi connectivity index (χ4v) is 7.69. The molecule has 0 aromatic carbocycles. The number of rotatable bonds is 45. The van der Waals surface area contributed by atoms with E-state index in [1.807, 2.05) is 0 Å². The van der Waals surface area contributed by atoms with Gasteiger partial charge in [-0.15, -0.1) is 0 Å². The predicted octanol–water partition coefficient (Wildman–Crippen LogP) is 13.5. The van der Waals surface area contributed by atoms with Crippen LogP contribution in [0.4, 0.5) is 0 Å². The second-order valence-corrected chi connectivity index (χ2v) is 17.2. The molecule has 0 spiro atoms. The molecule has 6 nitrogen and oxygen atoms in total. The zero-order valence-electron chi connectivity index (χ0n) is 37.4. The molecule has 5 N–H and O–H groups in total. The van der Waals surface area contributed by atoms with Crippen LogP contribution < -0.4 is 5.32 Å². The van der Waals surface area contributed by atoms with E-state index in [2.05, 4.69) is 43.5 Å². The maximum Gasteiger partial charge on any atom is 0.249 e. The summed E-state index contributed by atoms with van der Waals surface area (Å²) in [5.41, 5.74) is 0. The number of hydrogen-bond acceptors (Lipinski definition) is 5. The Morgan fingerprint density at radius 3 is 1.07 bits per heavy atom. The summed E-state index contributed by atoms with van der Waals surface area (Å²) in [4.78, 5) is 12.5. The van der Waals surface area contributed by atoms with E-state index in [-0.39, 0.29) is 0 Å². The molecule has 0 fully saturated rings. The molecule has 1 amide bonds. The van der Waals surface area contributed by atoms with Gasteiger partial charge in [0.1, 0.15) is 12.2 Å². The molecular weight excluding hydrogens is 695 g/mol. The Hall–Kier alpha value is -1.21. The Morgan fingerprint density at radius 1 is 0.429 bits per heavy atom. The smallest absolute Gasteiger partial charge is 0.249 e. The summed E-state index contributed by atoms with van der Waals surface area (Å²) < 4.78 is 0. The number of allylic oxidation sites excluding steroid dienone is 4. The standard InChI is InChI=1S/C50H97NO5/c1-3-5-7-9-11-13-15-17-19-20-21-22-23-24-25-26-27-28-29-30-32-34-36-38-40-42-44-48(54)50(56)51-46(45-52)49(55)47(53)43-41-39-37-35-33-31-18-16-14-12-10-8-6-4-2/h24-25,35,37,46-49,52-55H,3-23,26-34,36,38-45H2,1-2H3,(H,51,56)/b25-24-,37-35+. The number of aliphatic hydroxyl groups is 4. The summed E-state index contributed by atoms with van der Waals surface area (Å²) >= 11 is 0. The largest absolute Gasteiger partial charge is 0.394 e. The summed E-state index contributed by atoms with van der Waals surface area (Å²) in [5, 5.41) is 43.7. The third-order valence-electron chi connectivity index (χ3n) is 11.6. The molecular formula is C50H97NO5. The average molecular weight is 792 g/mol. The molecule has 0 aliphatic rings. The number of carbonyl (C=O) groups is 1. The minimum atomic E-state index is -1.28. The average Bonchev–Trinajstić information content (AvgIpc) is 3.20. The summed E-state index contributed by atoms with van der Waals surface area (Å²) in [5.74, 6) is -0.593. The van der Waals surface area contributed by atoms with Crippen LogP contribution in [0.2, 0.25) is 0 Å². The van der Waals surface area contributed by atoms with Crippen LogP contribution in [0.1, 0.15) is 258 Å². The van der Waals surface area contributed by atoms with E-state index in [0.29, 0.717) is 12.8 Å². The predicted molar refractivity (Wildman–Crippen MR) is 242 cm³/mol. The number of amides is 1. The Balaban J connectivity index is 3.67. The minimum absolute atomic E-state index is 0.363. The molecule has 0 aromatic rings. The Labute approximate surface area is 348 Å². The van der Waals surface area contributed by atoms with Gasteiger partial charge in [0.2, 0.25) is 5.91 Å². The zero-order valence-corrected chi connectivity index (χ0v) is 37.4. The highest BCUT2D eigenvalue weighted by Crippen LogP contribution is 2.16. The van der Waals surface area contributed by atoms with Gasteiger partial charge in [0.25, 0.3) is 0 Å². The highest BCUT2D eigenvalue weighted by Gasteiger charge is 2.28. The topological polar surface area (TPSA) is 110 Å². The third kappa shape index (κ3) is 38.3. The Morgan fingerprint density at radius 2 is 0.732 bits per heavy atom. The van der Waals surface area contributed by atoms with Crippen LogP contribution in [-0.2, 0) is 4.79 Å². The van der Waals surface area contributed by atoms with Crippen molar-refractivity contribution < 1.29 is 25.2 Å². The van der Waals surface area contributed by atoms with Crippen molar-refractivity contribution in [3.63, 3.8) is 0 Å². The van der Waals surface area contributed by atoms with Crippen LogP contribution in [0.15, 0.2) is 24.3 Å². The molecule has 0 saturated heterocycles. The fraction of sp³-hybridized carbons (Fsp3) is 0.900. The van der Waals surface area contributed by atoms with Crippen LogP contribution in [0.3, 0.4) is 0 Å². The van der Waals surface area contributed by atoms with Crippen molar-refractivity contribution in [1.29, 1.82) is 0 Å². The second kappa shape index (κ2) is 44.9. The first-order valence-corrected chi connectivity index (χ1v) is 24.7. The summed E-state index contributed by atoms with van der Waals surface area (Å²) in [6.07, 6.45) is 52.3. The first-order chi connectivity index (χ1) is 27.5. The quantitative estimate of drug-likeness (QED) is 0.0312. The highest BCUT2D eigenvalue weighted by molar-refractivity contribution is 5.80. The van der Waals surface area contributed by atoms with Crippen molar-refractivity contribution in [2.45, 2.75) is 282 Å². The number of carbonyl (C=O) groups excluding carboxylic acids is 1. The molecule has 56 heavy (non-hydrogen) atoms. The zero-order chi connectivity index (χ0) is 41.0. The normalized spacial score (nSPS) is 14.2. The van der Waals surface area contributed by atoms with E-state index in [9.17, 15) is 25.2 Å². The van der Waals surface area contributed by atoms with Crippen molar-refractivity contribution in [1.82, 2.24) is 5.32 Å². The molecule has 0 aliphatic carbocycles. The fourth-order valence-electron chi connectivity index (χ4n) is 7.69. The Bertz CT molecular complexity index is 847. The molecule has 0 radical (unpaired) electrons. The van der Waals surface area contributed by atoms with E-state index >= 15 is 0 Å². The van der Waals surface area contributed by atoms with Gasteiger partial charge in [-0.2, -0.15) is 0 Å². The summed E-state index contributed by atoms with van der Waals surface area (Å²) in [7, 11) is 0. The number of nitrogens with one attached hydrogen (secondary N) is 1. The third-order valence-corrected chi connectivity index (χ3v) is 11.6. The number of unbranched alkanes of at least 4 members (excludes halogenated alkanes) is 32. The molecule has 0 heterocycles. The first kappa shape index (κ1) is 54.8. The highest BCUT2D eigenvalue weighted by atomic mass is 16.3. The SMILES string of the molecule is CCCCCCCCCCC/C=C/CCCC(O)C(O)C(CO)NC(=O)C(O)CCCCCCCCCCCC/C=C\CCCCCCCCCCCCCC. The number of aliphatic hydroxyl groups excluding tert-OH is 4. The van der Waals surface area contributed by atoms with Crippen LogP contribution in [0.25, 0.3) is 0 Å². The van der Waals surface area contributed by atoms with E-state index in [1.165, 1.54) is 193 Å². The van der Waals surface area contributed by atoms with Gasteiger partial charge >= 0.3 is 0 Å². The van der Waals surface area contributed by atoms with E-state index < -0.39 is 36.9 Å². The van der Waals surface area contributed by atoms with Gasteiger partial charge in [0.05, 0.1) is 18.8 Å². The molecule has 332 valence electrons. The Kier molecular flexibility index (Phi) is 43.9.